The fraction of sp³-hybridized carbons (Fsp3) is 0.241. The van der Waals surface area contributed by atoms with E-state index in [2.05, 4.69) is 24.8 Å². The van der Waals surface area contributed by atoms with Gasteiger partial charge in [0.25, 0.3) is 0 Å². The first-order chi connectivity index (χ1) is 17.0. The van der Waals surface area contributed by atoms with Gasteiger partial charge in [0.1, 0.15) is 5.82 Å². The molecular weight excluding hydrogens is 438 g/mol. The van der Waals surface area contributed by atoms with Gasteiger partial charge in [0.05, 0.1) is 17.6 Å². The van der Waals surface area contributed by atoms with Crippen LogP contribution < -0.4 is 14.4 Å². The van der Waals surface area contributed by atoms with Crippen LogP contribution in [0.25, 0.3) is 5.82 Å². The summed E-state index contributed by atoms with van der Waals surface area (Å²) in [6, 6.07) is 22.1. The van der Waals surface area contributed by atoms with Crippen molar-refractivity contribution in [2.75, 3.05) is 11.7 Å². The van der Waals surface area contributed by atoms with E-state index in [9.17, 15) is 10.1 Å². The lowest BCUT2D eigenvalue weighted by molar-refractivity contribution is -0.118. The molecule has 174 valence electrons. The van der Waals surface area contributed by atoms with Crippen LogP contribution in [0.3, 0.4) is 0 Å². The maximum Gasteiger partial charge on any atom is 0.231 e. The van der Waals surface area contributed by atoms with Gasteiger partial charge in [0, 0.05) is 35.8 Å². The van der Waals surface area contributed by atoms with Gasteiger partial charge in [-0.15, -0.1) is 0 Å². The summed E-state index contributed by atoms with van der Waals surface area (Å²) in [7, 11) is 0. The number of allylic oxidation sites excluding steroid dienone is 3. The number of nitrogens with zero attached hydrogens (tertiary/aromatic N) is 3. The summed E-state index contributed by atoms with van der Waals surface area (Å²) in [5.41, 5.74) is 3.74. The molecule has 1 unspecified atom stereocenters. The predicted octanol–water partition coefficient (Wildman–Crippen LogP) is 5.86. The zero-order chi connectivity index (χ0) is 24.2. The van der Waals surface area contributed by atoms with Crippen molar-refractivity contribution in [1.82, 2.24) is 4.57 Å². The molecule has 0 radical (unpaired) electrons. The average Bonchev–Trinajstić information content (AvgIpc) is 3.54. The number of Topliss-reactive ketones (excluding diaryl/α,β-unsaturated/α-hetero) is 1. The number of aromatic nitrogens is 1. The maximum atomic E-state index is 13.8. The van der Waals surface area contributed by atoms with Gasteiger partial charge < -0.3 is 14.0 Å². The second kappa shape index (κ2) is 7.92. The van der Waals surface area contributed by atoms with Crippen molar-refractivity contribution < 1.29 is 14.3 Å². The van der Waals surface area contributed by atoms with Gasteiger partial charge in [-0.2, -0.15) is 5.26 Å². The van der Waals surface area contributed by atoms with Crippen LogP contribution >= 0.6 is 0 Å². The number of carbonyl (C=O) groups is 1. The Kier molecular flexibility index (Phi) is 4.82. The number of hydrogen-bond donors (Lipinski definition) is 0. The van der Waals surface area contributed by atoms with Crippen LogP contribution in [0.5, 0.6) is 11.5 Å². The Bertz CT molecular complexity index is 1430. The molecule has 0 saturated heterocycles. The third-order valence-corrected chi connectivity index (χ3v) is 6.91. The van der Waals surface area contributed by atoms with Gasteiger partial charge in [-0.25, -0.2) is 0 Å². The van der Waals surface area contributed by atoms with Crippen molar-refractivity contribution in [3.63, 3.8) is 0 Å². The van der Waals surface area contributed by atoms with Crippen molar-refractivity contribution >= 4 is 17.3 Å². The van der Waals surface area contributed by atoms with Crippen LogP contribution in [-0.2, 0) is 4.79 Å². The molecule has 1 aliphatic carbocycles. The highest BCUT2D eigenvalue weighted by Gasteiger charge is 2.45. The van der Waals surface area contributed by atoms with E-state index in [1.165, 1.54) is 0 Å². The van der Waals surface area contributed by atoms with Gasteiger partial charge in [-0.05, 0) is 53.8 Å². The van der Waals surface area contributed by atoms with Crippen molar-refractivity contribution in [3.05, 3.63) is 95.5 Å². The predicted molar refractivity (Wildman–Crippen MR) is 133 cm³/mol. The van der Waals surface area contributed by atoms with E-state index in [1.807, 2.05) is 77.6 Å². The summed E-state index contributed by atoms with van der Waals surface area (Å²) < 4.78 is 13.1. The topological polar surface area (TPSA) is 67.5 Å². The molecule has 3 heterocycles. The minimum Gasteiger partial charge on any atom is -0.454 e. The fourth-order valence-electron chi connectivity index (χ4n) is 5.48. The molecule has 2 aromatic carbocycles. The molecule has 0 bridgehead atoms. The van der Waals surface area contributed by atoms with Gasteiger partial charge in [-0.1, -0.05) is 38.1 Å². The summed E-state index contributed by atoms with van der Waals surface area (Å²) in [6.45, 7) is 4.43. The number of ether oxygens (including phenoxy) is 2. The average molecular weight is 464 g/mol. The van der Waals surface area contributed by atoms with Crippen molar-refractivity contribution in [1.29, 1.82) is 5.26 Å². The zero-order valence-electron chi connectivity index (χ0n) is 19.7. The Morgan fingerprint density at radius 1 is 0.971 bits per heavy atom. The van der Waals surface area contributed by atoms with Crippen LogP contribution in [0.15, 0.2) is 89.9 Å². The smallest absolute Gasteiger partial charge is 0.231 e. The number of fused-ring (bicyclic) bond motifs is 1. The van der Waals surface area contributed by atoms with E-state index >= 15 is 0 Å². The molecule has 1 aromatic heterocycles. The van der Waals surface area contributed by atoms with E-state index in [1.54, 1.807) is 0 Å². The maximum absolute atomic E-state index is 13.8. The van der Waals surface area contributed by atoms with E-state index < -0.39 is 5.92 Å². The van der Waals surface area contributed by atoms with Crippen LogP contribution in [0, 0.1) is 16.7 Å². The van der Waals surface area contributed by atoms with Crippen LogP contribution in [0.2, 0.25) is 0 Å². The largest absolute Gasteiger partial charge is 0.454 e. The van der Waals surface area contributed by atoms with E-state index in [-0.39, 0.29) is 18.0 Å². The van der Waals surface area contributed by atoms with Crippen LogP contribution in [0.1, 0.15) is 38.2 Å². The third-order valence-electron chi connectivity index (χ3n) is 6.91. The van der Waals surface area contributed by atoms with Crippen molar-refractivity contribution in [2.45, 2.75) is 32.6 Å². The van der Waals surface area contributed by atoms with E-state index in [0.29, 0.717) is 35.5 Å². The minimum absolute atomic E-state index is 0.0826. The molecule has 0 spiro atoms. The summed E-state index contributed by atoms with van der Waals surface area (Å²) >= 11 is 0. The number of hydrogen-bond acceptors (Lipinski definition) is 5. The Morgan fingerprint density at radius 3 is 2.46 bits per heavy atom. The molecule has 0 amide bonds. The van der Waals surface area contributed by atoms with E-state index in [4.69, 9.17) is 9.47 Å². The minimum atomic E-state index is -0.495. The lowest BCUT2D eigenvalue weighted by Gasteiger charge is -2.45. The molecule has 0 N–H and O–H groups in total. The first-order valence-corrected chi connectivity index (χ1v) is 11.8. The Balaban J connectivity index is 1.67. The normalized spacial score (nSPS) is 20.7. The van der Waals surface area contributed by atoms with Crippen molar-refractivity contribution in [3.8, 4) is 17.6 Å². The van der Waals surface area contributed by atoms with Crippen LogP contribution in [0.4, 0.5) is 5.69 Å². The molecule has 6 rings (SSSR count). The Hall–Kier alpha value is -4.24. The molecule has 1 atom stereocenters. The molecule has 35 heavy (non-hydrogen) atoms. The molecular formula is C29H25N3O3. The highest BCUT2D eigenvalue weighted by Crippen LogP contribution is 2.52. The zero-order valence-corrected chi connectivity index (χ0v) is 19.7. The highest BCUT2D eigenvalue weighted by molar-refractivity contribution is 6.03. The molecule has 3 aliphatic rings. The molecule has 6 heteroatoms. The summed E-state index contributed by atoms with van der Waals surface area (Å²) in [4.78, 5) is 15.9. The van der Waals surface area contributed by atoms with E-state index in [0.717, 1.165) is 22.8 Å². The van der Waals surface area contributed by atoms with Gasteiger partial charge >= 0.3 is 0 Å². The molecule has 6 nitrogen and oxygen atoms in total. The number of anilines is 1. The third kappa shape index (κ3) is 3.43. The number of ketones is 1. The number of nitriles is 1. The molecule has 0 fully saturated rings. The number of para-hydroxylation sites is 1. The number of carbonyl (C=O) groups excluding carboxylic acids is 1. The van der Waals surface area contributed by atoms with Gasteiger partial charge in [0.15, 0.2) is 17.3 Å². The SMILES string of the molecule is CC1(C)CC(=O)C2=C(C1)N(c1ccccc1)C(n1cccc1)=C(C#N)C2c1ccc2c(c1)OCO2. The number of benzene rings is 2. The second-order valence-electron chi connectivity index (χ2n) is 9.96. The summed E-state index contributed by atoms with van der Waals surface area (Å²) in [5, 5.41) is 10.6. The first kappa shape index (κ1) is 21.3. The van der Waals surface area contributed by atoms with Gasteiger partial charge in [-0.3, -0.25) is 9.69 Å². The molecule has 3 aromatic rings. The fourth-order valence-corrected chi connectivity index (χ4v) is 5.48. The first-order valence-electron chi connectivity index (χ1n) is 11.8. The summed E-state index contributed by atoms with van der Waals surface area (Å²) in [5.74, 6) is 1.65. The molecule has 0 saturated carbocycles. The van der Waals surface area contributed by atoms with Crippen molar-refractivity contribution in [2.24, 2.45) is 5.41 Å². The van der Waals surface area contributed by atoms with Gasteiger partial charge in [0.2, 0.25) is 6.79 Å². The number of rotatable bonds is 3. The standard InChI is InChI=1S/C29H25N3O3/c1-29(2)15-22-27(23(33)16-29)26(19-10-11-24-25(14-19)35-18-34-24)21(17-30)28(31-12-6-7-13-31)32(22)20-8-4-3-5-9-20/h3-14,26H,15-16,18H2,1-2H3. The lowest BCUT2D eigenvalue weighted by Crippen LogP contribution is -2.40. The second-order valence-corrected chi connectivity index (χ2v) is 9.96. The molecule has 2 aliphatic heterocycles. The van der Waals surface area contributed by atoms with Crippen LogP contribution in [-0.4, -0.2) is 17.1 Å². The highest BCUT2D eigenvalue weighted by atomic mass is 16.7. The monoisotopic (exact) mass is 463 g/mol. The Labute approximate surface area is 204 Å². The summed E-state index contributed by atoms with van der Waals surface area (Å²) in [6.07, 6.45) is 5.04. The Morgan fingerprint density at radius 2 is 1.71 bits per heavy atom. The lowest BCUT2D eigenvalue weighted by atomic mass is 9.68. The quantitative estimate of drug-likeness (QED) is 0.487.